The highest BCUT2D eigenvalue weighted by Crippen LogP contribution is 2.36. The fourth-order valence-electron chi connectivity index (χ4n) is 2.70. The Kier molecular flexibility index (Phi) is 5.50. The lowest BCUT2D eigenvalue weighted by atomic mass is 10.2. The smallest absolute Gasteiger partial charge is 0.270 e. The number of thioether (sulfide) groups is 1. The van der Waals surface area contributed by atoms with Gasteiger partial charge in [-0.2, -0.15) is 0 Å². The Morgan fingerprint density at radius 3 is 2.36 bits per heavy atom. The lowest BCUT2D eigenvalue weighted by Crippen LogP contribution is -2.27. The van der Waals surface area contributed by atoms with Crippen molar-refractivity contribution in [3.05, 3.63) is 59.3 Å². The quantitative estimate of drug-likeness (QED) is 0.579. The molecule has 2 heterocycles. The summed E-state index contributed by atoms with van der Waals surface area (Å²) < 4.78 is 0.556. The number of aromatic nitrogens is 1. The van der Waals surface area contributed by atoms with Gasteiger partial charge in [-0.3, -0.25) is 14.7 Å². The molecule has 25 heavy (non-hydrogen) atoms. The molecule has 1 aliphatic rings. The molecule has 1 aromatic carbocycles. The molecule has 0 aliphatic carbocycles. The van der Waals surface area contributed by atoms with Crippen LogP contribution >= 0.6 is 24.0 Å². The van der Waals surface area contributed by atoms with E-state index in [2.05, 4.69) is 23.7 Å². The highest BCUT2D eigenvalue weighted by molar-refractivity contribution is 8.27. The Morgan fingerprint density at radius 2 is 1.76 bits per heavy atom. The molecule has 1 aromatic heterocycles. The summed E-state index contributed by atoms with van der Waals surface area (Å²) in [6.07, 6.45) is 5.27. The first-order valence-electron chi connectivity index (χ1n) is 8.17. The van der Waals surface area contributed by atoms with Crippen LogP contribution in [-0.2, 0) is 4.79 Å². The second-order valence-electron chi connectivity index (χ2n) is 5.49. The van der Waals surface area contributed by atoms with E-state index in [0.29, 0.717) is 9.23 Å². The molecule has 0 atom stereocenters. The summed E-state index contributed by atoms with van der Waals surface area (Å²) in [6.45, 7) is 6.16. The van der Waals surface area contributed by atoms with Gasteiger partial charge < -0.3 is 4.90 Å². The lowest BCUT2D eigenvalue weighted by Gasteiger charge is -2.22. The number of rotatable bonds is 5. The third-order valence-corrected chi connectivity index (χ3v) is 5.34. The summed E-state index contributed by atoms with van der Waals surface area (Å²) in [6, 6.07) is 11.7. The van der Waals surface area contributed by atoms with Crippen LogP contribution in [0.2, 0.25) is 0 Å². The second-order valence-corrected chi connectivity index (χ2v) is 7.16. The van der Waals surface area contributed by atoms with Crippen molar-refractivity contribution in [1.29, 1.82) is 0 Å². The fraction of sp³-hybridized carbons (Fsp3) is 0.211. The number of nitrogens with zero attached hydrogens (tertiary/aromatic N) is 3. The molecule has 0 radical (unpaired) electrons. The van der Waals surface area contributed by atoms with Crippen molar-refractivity contribution in [2.75, 3.05) is 22.9 Å². The molecule has 1 aliphatic heterocycles. The van der Waals surface area contributed by atoms with E-state index in [-0.39, 0.29) is 5.91 Å². The number of thiocarbonyl (C=S) groups is 1. The van der Waals surface area contributed by atoms with Gasteiger partial charge >= 0.3 is 0 Å². The van der Waals surface area contributed by atoms with Crippen LogP contribution in [0.1, 0.15) is 19.4 Å². The van der Waals surface area contributed by atoms with E-state index in [1.165, 1.54) is 11.8 Å². The number of pyridine rings is 1. The van der Waals surface area contributed by atoms with Crippen molar-refractivity contribution in [2.45, 2.75) is 13.8 Å². The minimum Gasteiger partial charge on any atom is -0.372 e. The summed E-state index contributed by atoms with van der Waals surface area (Å²) in [7, 11) is 0. The van der Waals surface area contributed by atoms with Gasteiger partial charge in [-0.25, -0.2) is 0 Å². The first kappa shape index (κ1) is 17.6. The van der Waals surface area contributed by atoms with Crippen LogP contribution in [0.15, 0.2) is 53.7 Å². The van der Waals surface area contributed by atoms with Crippen LogP contribution in [0.25, 0.3) is 6.08 Å². The van der Waals surface area contributed by atoms with Crippen LogP contribution in [-0.4, -0.2) is 28.3 Å². The topological polar surface area (TPSA) is 36.4 Å². The Hall–Kier alpha value is -2.18. The van der Waals surface area contributed by atoms with Crippen molar-refractivity contribution >= 4 is 51.7 Å². The fourth-order valence-corrected chi connectivity index (χ4v) is 4.00. The van der Waals surface area contributed by atoms with Crippen molar-refractivity contribution in [3.8, 4) is 0 Å². The van der Waals surface area contributed by atoms with Crippen molar-refractivity contribution in [1.82, 2.24) is 4.98 Å². The van der Waals surface area contributed by atoms with E-state index in [0.717, 1.165) is 30.0 Å². The number of benzene rings is 1. The summed E-state index contributed by atoms with van der Waals surface area (Å²) in [5.41, 5.74) is 2.88. The average Bonchev–Trinajstić information content (AvgIpc) is 2.91. The highest BCUT2D eigenvalue weighted by atomic mass is 32.2. The van der Waals surface area contributed by atoms with Gasteiger partial charge in [-0.1, -0.05) is 24.0 Å². The van der Waals surface area contributed by atoms with Crippen LogP contribution in [0.5, 0.6) is 0 Å². The van der Waals surface area contributed by atoms with Crippen molar-refractivity contribution in [3.63, 3.8) is 0 Å². The maximum Gasteiger partial charge on any atom is 0.270 e. The zero-order valence-electron chi connectivity index (χ0n) is 14.2. The number of amides is 1. The molecule has 0 saturated carbocycles. The molecule has 0 unspecified atom stereocenters. The number of carbonyl (C=O) groups excluding carboxylic acids is 1. The molecule has 1 fully saturated rings. The monoisotopic (exact) mass is 369 g/mol. The van der Waals surface area contributed by atoms with E-state index in [9.17, 15) is 4.79 Å². The molecule has 3 rings (SSSR count). The average molecular weight is 370 g/mol. The Bertz CT molecular complexity index is 799. The van der Waals surface area contributed by atoms with Gasteiger partial charge in [-0.15, -0.1) is 0 Å². The molecule has 1 amide bonds. The Balaban J connectivity index is 1.84. The molecule has 0 spiro atoms. The van der Waals surface area contributed by atoms with Gasteiger partial charge in [-0.05, 0) is 61.9 Å². The largest absolute Gasteiger partial charge is 0.372 e. The zero-order valence-corrected chi connectivity index (χ0v) is 15.8. The third kappa shape index (κ3) is 3.75. The minimum absolute atomic E-state index is 0.0811. The second kappa shape index (κ2) is 7.80. The van der Waals surface area contributed by atoms with E-state index in [4.69, 9.17) is 12.2 Å². The SMILES string of the molecule is CCN(CC)c1ccc(N2C(=O)C(=Cc3ccncc3)SC2=S)cc1. The number of hydrogen-bond donors (Lipinski definition) is 0. The molecular formula is C19H19N3OS2. The first-order chi connectivity index (χ1) is 12.1. The van der Waals surface area contributed by atoms with Crippen molar-refractivity contribution in [2.24, 2.45) is 0 Å². The van der Waals surface area contributed by atoms with Crippen LogP contribution in [0.4, 0.5) is 11.4 Å². The van der Waals surface area contributed by atoms with Gasteiger partial charge in [0.25, 0.3) is 5.91 Å². The molecule has 0 N–H and O–H groups in total. The van der Waals surface area contributed by atoms with E-state index >= 15 is 0 Å². The maximum absolute atomic E-state index is 12.8. The van der Waals surface area contributed by atoms with Gasteiger partial charge in [0.2, 0.25) is 0 Å². The summed E-state index contributed by atoms with van der Waals surface area (Å²) in [5.74, 6) is -0.0811. The molecule has 4 nitrogen and oxygen atoms in total. The standard InChI is InChI=1S/C19H19N3OS2/c1-3-21(4-2)15-5-7-16(8-6-15)22-18(23)17(25-19(22)24)13-14-9-11-20-12-10-14/h5-13H,3-4H2,1-2H3. The Labute approximate surface area is 157 Å². The van der Waals surface area contributed by atoms with Crippen LogP contribution in [0, 0.1) is 0 Å². The predicted molar refractivity (Wildman–Crippen MR) is 110 cm³/mol. The zero-order chi connectivity index (χ0) is 17.8. The molecule has 128 valence electrons. The molecule has 6 heteroatoms. The molecule has 1 saturated heterocycles. The summed E-state index contributed by atoms with van der Waals surface area (Å²) in [4.78, 5) is 21.3. The van der Waals surface area contributed by atoms with Crippen LogP contribution in [0.3, 0.4) is 0 Å². The predicted octanol–water partition coefficient (Wildman–Crippen LogP) is 4.33. The normalized spacial score (nSPS) is 15.9. The summed E-state index contributed by atoms with van der Waals surface area (Å²) in [5, 5.41) is 0. The van der Waals surface area contributed by atoms with E-state index < -0.39 is 0 Å². The molecule has 2 aromatic rings. The number of anilines is 2. The van der Waals surface area contributed by atoms with Gasteiger partial charge in [0.1, 0.15) is 0 Å². The van der Waals surface area contributed by atoms with Crippen LogP contribution < -0.4 is 9.80 Å². The van der Waals surface area contributed by atoms with Gasteiger partial charge in [0.15, 0.2) is 4.32 Å². The third-order valence-electron chi connectivity index (χ3n) is 4.03. The maximum atomic E-state index is 12.8. The highest BCUT2D eigenvalue weighted by Gasteiger charge is 2.33. The molecule has 0 bridgehead atoms. The van der Waals surface area contributed by atoms with Gasteiger partial charge in [0, 0.05) is 31.2 Å². The number of carbonyl (C=O) groups is 1. The number of hydrogen-bond acceptors (Lipinski definition) is 5. The minimum atomic E-state index is -0.0811. The van der Waals surface area contributed by atoms with Crippen molar-refractivity contribution < 1.29 is 4.79 Å². The van der Waals surface area contributed by atoms with Gasteiger partial charge in [0.05, 0.1) is 10.6 Å². The lowest BCUT2D eigenvalue weighted by molar-refractivity contribution is -0.113. The summed E-state index contributed by atoms with van der Waals surface area (Å²) >= 11 is 6.76. The van der Waals surface area contributed by atoms with E-state index in [1.807, 2.05) is 42.5 Å². The van der Waals surface area contributed by atoms with E-state index in [1.54, 1.807) is 17.3 Å². The Morgan fingerprint density at radius 1 is 1.12 bits per heavy atom. The first-order valence-corrected chi connectivity index (χ1v) is 9.39. The molecular weight excluding hydrogens is 350 g/mol.